The van der Waals surface area contributed by atoms with Crippen molar-refractivity contribution in [3.63, 3.8) is 0 Å². The van der Waals surface area contributed by atoms with Crippen molar-refractivity contribution in [3.8, 4) is 0 Å². The molecule has 4 heteroatoms. The summed E-state index contributed by atoms with van der Waals surface area (Å²) in [5.41, 5.74) is 3.04. The van der Waals surface area contributed by atoms with E-state index in [9.17, 15) is 0 Å². The standard InChI is InChI=1S/C16H27ClN2Si/c1-5-14-16(17)15(10-11-18-14)19-12-6-8-13(9-7-12)20(2,3)4/h10-13H,5-9H2,1-4H3,(H,18,19). The summed E-state index contributed by atoms with van der Waals surface area (Å²) in [4.78, 5) is 4.33. The van der Waals surface area contributed by atoms with Gasteiger partial charge in [0.05, 0.1) is 16.4 Å². The lowest BCUT2D eigenvalue weighted by molar-refractivity contribution is 0.454. The molecule has 1 aromatic rings. The molecule has 0 unspecified atom stereocenters. The van der Waals surface area contributed by atoms with Gasteiger partial charge in [0.2, 0.25) is 0 Å². The molecule has 0 amide bonds. The maximum absolute atomic E-state index is 6.41. The zero-order valence-corrected chi connectivity index (χ0v) is 14.9. The van der Waals surface area contributed by atoms with E-state index in [1.807, 2.05) is 12.3 Å². The fourth-order valence-corrected chi connectivity index (χ4v) is 5.53. The van der Waals surface area contributed by atoms with E-state index in [0.29, 0.717) is 6.04 Å². The number of pyridine rings is 1. The molecule has 20 heavy (non-hydrogen) atoms. The summed E-state index contributed by atoms with van der Waals surface area (Å²) in [6, 6.07) is 2.58. The summed E-state index contributed by atoms with van der Waals surface area (Å²) in [7, 11) is -0.967. The van der Waals surface area contributed by atoms with Crippen LogP contribution in [0.1, 0.15) is 38.3 Å². The summed E-state index contributed by atoms with van der Waals surface area (Å²) in [6.07, 6.45) is 8.04. The number of aryl methyl sites for hydroxylation is 1. The van der Waals surface area contributed by atoms with Crippen LogP contribution in [0.4, 0.5) is 5.69 Å². The fraction of sp³-hybridized carbons (Fsp3) is 0.688. The highest BCUT2D eigenvalue weighted by molar-refractivity contribution is 6.77. The van der Waals surface area contributed by atoms with Crippen LogP contribution in [0.2, 0.25) is 30.2 Å². The number of nitrogens with zero attached hydrogens (tertiary/aromatic N) is 1. The minimum absolute atomic E-state index is 0.576. The van der Waals surface area contributed by atoms with Gasteiger partial charge in [-0.3, -0.25) is 4.98 Å². The van der Waals surface area contributed by atoms with Crippen LogP contribution in [0.5, 0.6) is 0 Å². The van der Waals surface area contributed by atoms with Crippen LogP contribution in [0.15, 0.2) is 12.3 Å². The quantitative estimate of drug-likeness (QED) is 0.757. The fourth-order valence-electron chi connectivity index (χ4n) is 3.17. The van der Waals surface area contributed by atoms with Crippen molar-refractivity contribution in [2.24, 2.45) is 0 Å². The first-order valence-corrected chi connectivity index (χ1v) is 11.8. The van der Waals surface area contributed by atoms with Gasteiger partial charge in [-0.1, -0.05) is 51.0 Å². The van der Waals surface area contributed by atoms with Gasteiger partial charge in [-0.25, -0.2) is 0 Å². The summed E-state index contributed by atoms with van der Waals surface area (Å²) >= 11 is 6.41. The predicted octanol–water partition coefficient (Wildman–Crippen LogP) is 5.36. The number of aromatic nitrogens is 1. The number of hydrogen-bond acceptors (Lipinski definition) is 2. The third-order valence-corrected chi connectivity index (χ3v) is 8.06. The summed E-state index contributed by atoms with van der Waals surface area (Å²) in [5.74, 6) is 0. The average Bonchev–Trinajstić information content (AvgIpc) is 2.41. The maximum atomic E-state index is 6.41. The van der Waals surface area contributed by atoms with Crippen LogP contribution in [0.3, 0.4) is 0 Å². The molecular formula is C16H27ClN2Si. The summed E-state index contributed by atoms with van der Waals surface area (Å²) in [6.45, 7) is 9.59. The Bertz CT molecular complexity index is 448. The zero-order valence-electron chi connectivity index (χ0n) is 13.2. The Kier molecular flexibility index (Phi) is 5.13. The molecular weight excluding hydrogens is 284 g/mol. The molecule has 1 aliphatic rings. The average molecular weight is 311 g/mol. The first kappa shape index (κ1) is 15.8. The van der Waals surface area contributed by atoms with Gasteiger partial charge in [-0.15, -0.1) is 0 Å². The second-order valence-corrected chi connectivity index (χ2v) is 13.0. The third-order valence-electron chi connectivity index (χ3n) is 4.61. The van der Waals surface area contributed by atoms with E-state index >= 15 is 0 Å². The molecule has 0 bridgehead atoms. The normalized spacial score (nSPS) is 23.6. The van der Waals surface area contributed by atoms with Crippen molar-refractivity contribution in [1.29, 1.82) is 0 Å². The SMILES string of the molecule is CCc1nccc(NC2CCC([Si](C)(C)C)CC2)c1Cl. The minimum atomic E-state index is -0.967. The minimum Gasteiger partial charge on any atom is -0.381 e. The van der Waals surface area contributed by atoms with E-state index < -0.39 is 8.07 Å². The molecule has 2 nitrogen and oxygen atoms in total. The predicted molar refractivity (Wildman–Crippen MR) is 91.6 cm³/mol. The Labute approximate surface area is 129 Å². The van der Waals surface area contributed by atoms with Crippen molar-refractivity contribution in [2.75, 3.05) is 5.32 Å². The molecule has 1 saturated carbocycles. The van der Waals surface area contributed by atoms with Gasteiger partial charge in [0.1, 0.15) is 0 Å². The Morgan fingerprint density at radius 2 is 1.90 bits per heavy atom. The highest BCUT2D eigenvalue weighted by Crippen LogP contribution is 2.38. The number of rotatable bonds is 4. The maximum Gasteiger partial charge on any atom is 0.0852 e. The van der Waals surface area contributed by atoms with E-state index in [4.69, 9.17) is 11.6 Å². The summed E-state index contributed by atoms with van der Waals surface area (Å²) < 4.78 is 0. The first-order valence-electron chi connectivity index (χ1n) is 7.81. The number of hydrogen-bond donors (Lipinski definition) is 1. The topological polar surface area (TPSA) is 24.9 Å². The largest absolute Gasteiger partial charge is 0.381 e. The summed E-state index contributed by atoms with van der Waals surface area (Å²) in [5, 5.41) is 4.45. The van der Waals surface area contributed by atoms with Crippen LogP contribution in [-0.2, 0) is 6.42 Å². The molecule has 1 aliphatic carbocycles. The van der Waals surface area contributed by atoms with E-state index in [1.165, 1.54) is 25.7 Å². The molecule has 0 aromatic carbocycles. The molecule has 0 atom stereocenters. The Morgan fingerprint density at radius 3 is 2.45 bits per heavy atom. The second-order valence-electron chi connectivity index (χ2n) is 7.03. The van der Waals surface area contributed by atoms with Gasteiger partial charge >= 0.3 is 0 Å². The van der Waals surface area contributed by atoms with Gasteiger partial charge in [0.25, 0.3) is 0 Å². The van der Waals surface area contributed by atoms with Crippen LogP contribution in [0.25, 0.3) is 0 Å². The van der Waals surface area contributed by atoms with Crippen LogP contribution in [-0.4, -0.2) is 19.1 Å². The number of nitrogens with one attached hydrogen (secondary N) is 1. The Balaban J connectivity index is 1.96. The first-order chi connectivity index (χ1) is 9.41. The van der Waals surface area contributed by atoms with Gasteiger partial charge < -0.3 is 5.32 Å². The van der Waals surface area contributed by atoms with E-state index in [1.54, 1.807) is 0 Å². The van der Waals surface area contributed by atoms with Gasteiger partial charge in [-0.2, -0.15) is 0 Å². The van der Waals surface area contributed by atoms with Crippen LogP contribution >= 0.6 is 11.6 Å². The molecule has 2 rings (SSSR count). The van der Waals surface area contributed by atoms with Crippen molar-refractivity contribution in [1.82, 2.24) is 4.98 Å². The number of halogens is 1. The molecule has 1 aromatic heterocycles. The highest BCUT2D eigenvalue weighted by Gasteiger charge is 2.31. The van der Waals surface area contributed by atoms with E-state index in [2.05, 4.69) is 36.9 Å². The lowest BCUT2D eigenvalue weighted by atomic mass is 9.94. The number of anilines is 1. The molecule has 0 aliphatic heterocycles. The van der Waals surface area contributed by atoms with Crippen molar-refractivity contribution in [3.05, 3.63) is 23.0 Å². The van der Waals surface area contributed by atoms with Gasteiger partial charge in [0.15, 0.2) is 0 Å². The molecule has 1 N–H and O–H groups in total. The lowest BCUT2D eigenvalue weighted by Gasteiger charge is -2.36. The van der Waals surface area contributed by atoms with Crippen molar-refractivity contribution < 1.29 is 0 Å². The zero-order chi connectivity index (χ0) is 14.8. The molecule has 0 radical (unpaired) electrons. The smallest absolute Gasteiger partial charge is 0.0852 e. The van der Waals surface area contributed by atoms with Crippen molar-refractivity contribution in [2.45, 2.75) is 70.3 Å². The Hall–Kier alpha value is -0.543. The van der Waals surface area contributed by atoms with Crippen LogP contribution in [0, 0.1) is 0 Å². The van der Waals surface area contributed by atoms with E-state index in [-0.39, 0.29) is 0 Å². The molecule has 1 fully saturated rings. The van der Waals surface area contributed by atoms with Gasteiger partial charge in [-0.05, 0) is 30.9 Å². The Morgan fingerprint density at radius 1 is 1.25 bits per heavy atom. The van der Waals surface area contributed by atoms with Crippen molar-refractivity contribution >= 4 is 25.4 Å². The lowest BCUT2D eigenvalue weighted by Crippen LogP contribution is -2.34. The third kappa shape index (κ3) is 3.76. The molecule has 0 saturated heterocycles. The van der Waals surface area contributed by atoms with Gasteiger partial charge in [0, 0.05) is 20.3 Å². The monoisotopic (exact) mass is 310 g/mol. The highest BCUT2D eigenvalue weighted by atomic mass is 35.5. The molecule has 0 spiro atoms. The van der Waals surface area contributed by atoms with E-state index in [0.717, 1.165) is 28.4 Å². The molecule has 1 heterocycles. The second kappa shape index (κ2) is 6.48. The molecule has 112 valence electrons. The van der Waals surface area contributed by atoms with Crippen LogP contribution < -0.4 is 5.32 Å².